The van der Waals surface area contributed by atoms with E-state index in [2.05, 4.69) is 57.6 Å². The van der Waals surface area contributed by atoms with E-state index in [0.29, 0.717) is 5.92 Å². The van der Waals surface area contributed by atoms with E-state index >= 15 is 0 Å². The first-order valence-corrected chi connectivity index (χ1v) is 8.42. The molecule has 3 aromatic rings. The van der Waals surface area contributed by atoms with E-state index < -0.39 is 0 Å². The minimum absolute atomic E-state index is 0.713. The van der Waals surface area contributed by atoms with Crippen molar-refractivity contribution in [1.29, 1.82) is 0 Å². The summed E-state index contributed by atoms with van der Waals surface area (Å²) in [5, 5.41) is 8.36. The number of hydrogen-bond donors (Lipinski definition) is 1. The van der Waals surface area contributed by atoms with Crippen LogP contribution in [0.1, 0.15) is 24.2 Å². The molecule has 1 fully saturated rings. The molecule has 0 unspecified atom stereocenters. The summed E-state index contributed by atoms with van der Waals surface area (Å²) < 4.78 is 0. The van der Waals surface area contributed by atoms with Gasteiger partial charge in [0.25, 0.3) is 0 Å². The van der Waals surface area contributed by atoms with E-state index in [4.69, 9.17) is 4.98 Å². The maximum Gasteiger partial charge on any atom is 0.0705 e. The normalized spacial score (nSPS) is 19.2. The molecule has 1 N–H and O–H groups in total. The highest BCUT2D eigenvalue weighted by atomic mass is 15.1. The largest absolute Gasteiger partial charge is 0.297 e. The number of piperidine rings is 1. The number of fused-ring (bicyclic) bond motifs is 1. The molecule has 1 aromatic carbocycles. The van der Waals surface area contributed by atoms with Gasteiger partial charge in [0.1, 0.15) is 0 Å². The van der Waals surface area contributed by atoms with Gasteiger partial charge in [-0.2, -0.15) is 5.10 Å². The van der Waals surface area contributed by atoms with Crippen molar-refractivity contribution in [3.63, 3.8) is 0 Å². The second-order valence-electron chi connectivity index (χ2n) is 6.52. The van der Waals surface area contributed by atoms with Gasteiger partial charge < -0.3 is 0 Å². The number of rotatable bonds is 4. The topological polar surface area (TPSA) is 44.8 Å². The third-order valence-corrected chi connectivity index (χ3v) is 4.71. The Morgan fingerprint density at radius 2 is 2.09 bits per heavy atom. The number of nitrogens with one attached hydrogen (secondary N) is 1. The SMILES string of the molecule is c1ccc2nc(CN3CCC[C@@H](Cc4ccn[nH]4)C3)ccc2c1. The molecule has 4 heteroatoms. The van der Waals surface area contributed by atoms with Crippen molar-refractivity contribution in [3.05, 3.63) is 60.0 Å². The highest BCUT2D eigenvalue weighted by Gasteiger charge is 2.21. The van der Waals surface area contributed by atoms with E-state index in [1.165, 1.54) is 36.2 Å². The lowest BCUT2D eigenvalue weighted by Crippen LogP contribution is -2.36. The zero-order chi connectivity index (χ0) is 15.5. The van der Waals surface area contributed by atoms with E-state index in [0.717, 1.165) is 25.0 Å². The van der Waals surface area contributed by atoms with Crippen molar-refractivity contribution in [2.24, 2.45) is 5.92 Å². The van der Waals surface area contributed by atoms with Crippen LogP contribution in [0.4, 0.5) is 0 Å². The number of H-pyrrole nitrogens is 1. The van der Waals surface area contributed by atoms with Gasteiger partial charge >= 0.3 is 0 Å². The van der Waals surface area contributed by atoms with Crippen LogP contribution >= 0.6 is 0 Å². The molecule has 4 rings (SSSR count). The molecule has 1 atom stereocenters. The van der Waals surface area contributed by atoms with Crippen molar-refractivity contribution in [2.75, 3.05) is 13.1 Å². The average Bonchev–Trinajstić information content (AvgIpc) is 3.08. The first kappa shape index (κ1) is 14.4. The molecular formula is C19H22N4. The van der Waals surface area contributed by atoms with Gasteiger partial charge in [0.05, 0.1) is 11.2 Å². The standard InChI is InChI=1S/C19H22N4/c1-2-6-19-16(5-1)7-8-18(21-19)14-23-11-3-4-15(13-23)12-17-9-10-20-22-17/h1-2,5-10,15H,3-4,11-14H2,(H,20,22)/t15-/m0/s1. The molecule has 1 saturated heterocycles. The number of hydrogen-bond acceptors (Lipinski definition) is 3. The highest BCUT2D eigenvalue weighted by molar-refractivity contribution is 5.78. The van der Waals surface area contributed by atoms with Crippen LogP contribution in [0.2, 0.25) is 0 Å². The fourth-order valence-electron chi connectivity index (χ4n) is 3.60. The van der Waals surface area contributed by atoms with Gasteiger partial charge in [-0.15, -0.1) is 0 Å². The summed E-state index contributed by atoms with van der Waals surface area (Å²) >= 11 is 0. The van der Waals surface area contributed by atoms with Gasteiger partial charge in [-0.1, -0.05) is 24.3 Å². The second kappa shape index (κ2) is 6.50. The molecule has 0 radical (unpaired) electrons. The summed E-state index contributed by atoms with van der Waals surface area (Å²) in [6.45, 7) is 3.27. The van der Waals surface area contributed by atoms with Crippen LogP contribution in [0.15, 0.2) is 48.7 Å². The molecular weight excluding hydrogens is 284 g/mol. The number of likely N-dealkylation sites (tertiary alicyclic amines) is 1. The minimum atomic E-state index is 0.713. The van der Waals surface area contributed by atoms with E-state index in [9.17, 15) is 0 Å². The molecule has 4 nitrogen and oxygen atoms in total. The molecule has 0 aliphatic carbocycles. The Balaban J connectivity index is 1.42. The number of aromatic nitrogens is 3. The van der Waals surface area contributed by atoms with Crippen LogP contribution in [0.25, 0.3) is 10.9 Å². The van der Waals surface area contributed by atoms with Crippen LogP contribution in [0, 0.1) is 5.92 Å². The fourth-order valence-corrected chi connectivity index (χ4v) is 3.60. The lowest BCUT2D eigenvalue weighted by molar-refractivity contribution is 0.165. The lowest BCUT2D eigenvalue weighted by atomic mass is 9.93. The van der Waals surface area contributed by atoms with Crippen molar-refractivity contribution in [2.45, 2.75) is 25.8 Å². The van der Waals surface area contributed by atoms with Crippen molar-refractivity contribution < 1.29 is 0 Å². The number of nitrogens with zero attached hydrogens (tertiary/aromatic N) is 3. The van der Waals surface area contributed by atoms with Gasteiger partial charge in [-0.3, -0.25) is 15.0 Å². The first-order valence-electron chi connectivity index (χ1n) is 8.42. The number of aromatic amines is 1. The monoisotopic (exact) mass is 306 g/mol. The summed E-state index contributed by atoms with van der Waals surface area (Å²) in [6, 6.07) is 14.8. The number of pyridine rings is 1. The maximum absolute atomic E-state index is 4.81. The van der Waals surface area contributed by atoms with E-state index in [1.54, 1.807) is 0 Å². The van der Waals surface area contributed by atoms with Crippen molar-refractivity contribution >= 4 is 10.9 Å². The van der Waals surface area contributed by atoms with E-state index in [1.807, 2.05) is 6.20 Å². The Labute approximate surface area is 136 Å². The second-order valence-corrected chi connectivity index (χ2v) is 6.52. The van der Waals surface area contributed by atoms with Gasteiger partial charge in [0.15, 0.2) is 0 Å². The average molecular weight is 306 g/mol. The third kappa shape index (κ3) is 3.42. The number of para-hydroxylation sites is 1. The van der Waals surface area contributed by atoms with Crippen LogP contribution < -0.4 is 0 Å². The predicted molar refractivity (Wildman–Crippen MR) is 92.0 cm³/mol. The minimum Gasteiger partial charge on any atom is -0.297 e. The molecule has 2 aromatic heterocycles. The summed E-state index contributed by atoms with van der Waals surface area (Å²) in [5.74, 6) is 0.713. The Morgan fingerprint density at radius 3 is 3.00 bits per heavy atom. The molecule has 0 spiro atoms. The highest BCUT2D eigenvalue weighted by Crippen LogP contribution is 2.22. The lowest BCUT2D eigenvalue weighted by Gasteiger charge is -2.32. The molecule has 23 heavy (non-hydrogen) atoms. The summed E-state index contributed by atoms with van der Waals surface area (Å²) in [7, 11) is 0. The molecule has 118 valence electrons. The molecule has 1 aliphatic heterocycles. The van der Waals surface area contributed by atoms with Crippen molar-refractivity contribution in [1.82, 2.24) is 20.1 Å². The molecule has 0 bridgehead atoms. The summed E-state index contributed by atoms with van der Waals surface area (Å²) in [4.78, 5) is 7.36. The van der Waals surface area contributed by atoms with Crippen LogP contribution in [-0.4, -0.2) is 33.2 Å². The fraction of sp³-hybridized carbons (Fsp3) is 0.368. The molecule has 1 aliphatic rings. The van der Waals surface area contributed by atoms with E-state index in [-0.39, 0.29) is 0 Å². The van der Waals surface area contributed by atoms with Crippen molar-refractivity contribution in [3.8, 4) is 0 Å². The Kier molecular flexibility index (Phi) is 4.07. The van der Waals surface area contributed by atoms with Gasteiger partial charge in [0.2, 0.25) is 0 Å². The molecule has 0 amide bonds. The first-order chi connectivity index (χ1) is 11.4. The van der Waals surface area contributed by atoms with Crippen LogP contribution in [-0.2, 0) is 13.0 Å². The predicted octanol–water partition coefficient (Wildman–Crippen LogP) is 3.41. The molecule has 0 saturated carbocycles. The third-order valence-electron chi connectivity index (χ3n) is 4.71. The summed E-state index contributed by atoms with van der Waals surface area (Å²) in [5.41, 5.74) is 3.52. The van der Waals surface area contributed by atoms with Gasteiger partial charge in [-0.25, -0.2) is 0 Å². The Morgan fingerprint density at radius 1 is 1.13 bits per heavy atom. The Bertz CT molecular complexity index is 766. The zero-order valence-corrected chi connectivity index (χ0v) is 13.3. The zero-order valence-electron chi connectivity index (χ0n) is 13.3. The molecule has 3 heterocycles. The summed E-state index contributed by atoms with van der Waals surface area (Å²) in [6.07, 6.45) is 5.52. The van der Waals surface area contributed by atoms with Gasteiger partial charge in [0, 0.05) is 30.4 Å². The number of benzene rings is 1. The van der Waals surface area contributed by atoms with Crippen LogP contribution in [0.3, 0.4) is 0 Å². The van der Waals surface area contributed by atoms with Crippen LogP contribution in [0.5, 0.6) is 0 Å². The maximum atomic E-state index is 4.81. The Hall–Kier alpha value is -2.20. The van der Waals surface area contributed by atoms with Gasteiger partial charge in [-0.05, 0) is 49.9 Å². The quantitative estimate of drug-likeness (QED) is 0.803. The smallest absolute Gasteiger partial charge is 0.0705 e.